The van der Waals surface area contributed by atoms with Crippen molar-refractivity contribution in [3.63, 3.8) is 0 Å². The highest BCUT2D eigenvalue weighted by molar-refractivity contribution is 5.83. The number of nitrogens with one attached hydrogen (secondary N) is 1. The molecule has 0 radical (unpaired) electrons. The molecule has 0 spiro atoms. The van der Waals surface area contributed by atoms with E-state index in [1.54, 1.807) is 0 Å². The standard InChI is InChI=1S/C8H11N3O/c9-8(12)7-6-3-1-2-4-11(6)5-10-7/h1-3,7,10H,4-5H2,(H2,9,12). The highest BCUT2D eigenvalue weighted by Crippen LogP contribution is 2.18. The normalized spacial score (nSPS) is 26.8. The van der Waals surface area contributed by atoms with Gasteiger partial charge in [-0.05, 0) is 6.08 Å². The van der Waals surface area contributed by atoms with Gasteiger partial charge in [-0.15, -0.1) is 0 Å². The SMILES string of the molecule is NC(=O)C1NCN2CC=CC=C12. The number of hydrogen-bond donors (Lipinski definition) is 2. The van der Waals surface area contributed by atoms with E-state index >= 15 is 0 Å². The third-order valence-corrected chi connectivity index (χ3v) is 2.16. The lowest BCUT2D eigenvalue weighted by molar-refractivity contribution is -0.118. The second-order valence-corrected chi connectivity index (χ2v) is 2.94. The summed E-state index contributed by atoms with van der Waals surface area (Å²) in [6, 6.07) is -0.296. The van der Waals surface area contributed by atoms with E-state index in [1.165, 1.54) is 0 Å². The van der Waals surface area contributed by atoms with Gasteiger partial charge in [0.2, 0.25) is 5.91 Å². The quantitative estimate of drug-likeness (QED) is 0.532. The lowest BCUT2D eigenvalue weighted by Crippen LogP contribution is -2.37. The maximum Gasteiger partial charge on any atom is 0.240 e. The predicted octanol–water partition coefficient (Wildman–Crippen LogP) is -0.843. The van der Waals surface area contributed by atoms with E-state index in [0.29, 0.717) is 6.67 Å². The smallest absolute Gasteiger partial charge is 0.240 e. The summed E-state index contributed by atoms with van der Waals surface area (Å²) < 4.78 is 0. The highest BCUT2D eigenvalue weighted by atomic mass is 16.1. The number of nitrogens with zero attached hydrogens (tertiary/aromatic N) is 1. The molecule has 4 heteroatoms. The first-order valence-electron chi connectivity index (χ1n) is 3.93. The van der Waals surface area contributed by atoms with Crippen LogP contribution in [-0.4, -0.2) is 30.1 Å². The van der Waals surface area contributed by atoms with E-state index in [0.717, 1.165) is 12.2 Å². The van der Waals surface area contributed by atoms with Crippen LogP contribution in [-0.2, 0) is 4.79 Å². The monoisotopic (exact) mass is 165 g/mol. The van der Waals surface area contributed by atoms with E-state index in [4.69, 9.17) is 5.73 Å². The number of amides is 1. The molecular formula is C8H11N3O. The van der Waals surface area contributed by atoms with Crippen molar-refractivity contribution < 1.29 is 4.79 Å². The minimum atomic E-state index is -0.306. The minimum Gasteiger partial charge on any atom is -0.368 e. The fourth-order valence-electron chi connectivity index (χ4n) is 1.55. The molecule has 3 N–H and O–H groups in total. The van der Waals surface area contributed by atoms with Crippen molar-refractivity contribution in [1.29, 1.82) is 0 Å². The third kappa shape index (κ3) is 1.00. The lowest BCUT2D eigenvalue weighted by atomic mass is 10.1. The molecule has 1 fully saturated rings. The topological polar surface area (TPSA) is 58.4 Å². The summed E-state index contributed by atoms with van der Waals surface area (Å²) >= 11 is 0. The van der Waals surface area contributed by atoms with Crippen LogP contribution in [0.15, 0.2) is 23.9 Å². The van der Waals surface area contributed by atoms with Crippen molar-refractivity contribution in [2.75, 3.05) is 13.2 Å². The third-order valence-electron chi connectivity index (χ3n) is 2.16. The van der Waals surface area contributed by atoms with Crippen molar-refractivity contribution in [3.05, 3.63) is 23.9 Å². The Hall–Kier alpha value is -1.29. The first kappa shape index (κ1) is 7.36. The van der Waals surface area contributed by atoms with Gasteiger partial charge < -0.3 is 10.6 Å². The van der Waals surface area contributed by atoms with Crippen LogP contribution in [0.2, 0.25) is 0 Å². The Bertz CT molecular complexity index is 269. The molecular weight excluding hydrogens is 154 g/mol. The van der Waals surface area contributed by atoms with Gasteiger partial charge in [-0.1, -0.05) is 12.2 Å². The average Bonchev–Trinajstić information content (AvgIpc) is 2.47. The van der Waals surface area contributed by atoms with Crippen molar-refractivity contribution in [2.45, 2.75) is 6.04 Å². The number of nitrogens with two attached hydrogens (primary N) is 1. The molecule has 0 bridgehead atoms. The lowest BCUT2D eigenvalue weighted by Gasteiger charge is -2.20. The molecule has 1 saturated heterocycles. The Morgan fingerprint density at radius 3 is 3.33 bits per heavy atom. The van der Waals surface area contributed by atoms with Gasteiger partial charge in [0.1, 0.15) is 6.04 Å². The second kappa shape index (κ2) is 2.64. The number of fused-ring (bicyclic) bond motifs is 1. The molecule has 0 aromatic rings. The van der Waals surface area contributed by atoms with Gasteiger partial charge in [-0.25, -0.2) is 0 Å². The van der Waals surface area contributed by atoms with Crippen LogP contribution in [0.5, 0.6) is 0 Å². The Labute approximate surface area is 70.7 Å². The summed E-state index contributed by atoms with van der Waals surface area (Å²) in [5.74, 6) is -0.306. The van der Waals surface area contributed by atoms with E-state index in [1.807, 2.05) is 12.2 Å². The molecule has 2 heterocycles. The van der Waals surface area contributed by atoms with Crippen LogP contribution < -0.4 is 11.1 Å². The van der Waals surface area contributed by atoms with Gasteiger partial charge in [-0.2, -0.15) is 0 Å². The van der Waals surface area contributed by atoms with E-state index < -0.39 is 0 Å². The molecule has 0 saturated carbocycles. The molecule has 1 unspecified atom stereocenters. The number of hydrogen-bond acceptors (Lipinski definition) is 3. The van der Waals surface area contributed by atoms with E-state index in [-0.39, 0.29) is 11.9 Å². The van der Waals surface area contributed by atoms with Gasteiger partial charge in [0, 0.05) is 12.2 Å². The first-order chi connectivity index (χ1) is 5.79. The molecule has 4 nitrogen and oxygen atoms in total. The van der Waals surface area contributed by atoms with Crippen LogP contribution in [0.1, 0.15) is 0 Å². The fraction of sp³-hybridized carbons (Fsp3) is 0.375. The van der Waals surface area contributed by atoms with E-state index in [9.17, 15) is 4.79 Å². The molecule has 0 aromatic heterocycles. The fourth-order valence-corrected chi connectivity index (χ4v) is 1.55. The zero-order valence-electron chi connectivity index (χ0n) is 6.66. The summed E-state index contributed by atoms with van der Waals surface area (Å²) in [6.45, 7) is 1.58. The van der Waals surface area contributed by atoms with Crippen LogP contribution >= 0.6 is 0 Å². The predicted molar refractivity (Wildman–Crippen MR) is 44.9 cm³/mol. The van der Waals surface area contributed by atoms with Crippen molar-refractivity contribution in [3.8, 4) is 0 Å². The number of carbonyl (C=O) groups excluding carboxylic acids is 1. The molecule has 2 aliphatic rings. The zero-order valence-corrected chi connectivity index (χ0v) is 6.66. The summed E-state index contributed by atoms with van der Waals surface area (Å²) in [4.78, 5) is 13.0. The Morgan fingerprint density at radius 1 is 1.75 bits per heavy atom. The van der Waals surface area contributed by atoms with Crippen LogP contribution in [0.4, 0.5) is 0 Å². The molecule has 2 rings (SSSR count). The molecule has 2 aliphatic heterocycles. The molecule has 1 atom stereocenters. The molecule has 0 aromatic carbocycles. The number of primary amides is 1. The Balaban J connectivity index is 2.25. The van der Waals surface area contributed by atoms with Gasteiger partial charge >= 0.3 is 0 Å². The van der Waals surface area contributed by atoms with Crippen LogP contribution in [0.25, 0.3) is 0 Å². The summed E-state index contributed by atoms with van der Waals surface area (Å²) in [5, 5.41) is 3.04. The Morgan fingerprint density at radius 2 is 2.58 bits per heavy atom. The largest absolute Gasteiger partial charge is 0.368 e. The van der Waals surface area contributed by atoms with Crippen molar-refractivity contribution in [2.24, 2.45) is 5.73 Å². The molecule has 64 valence electrons. The molecule has 1 amide bonds. The van der Waals surface area contributed by atoms with Gasteiger partial charge in [-0.3, -0.25) is 10.1 Å². The first-order valence-corrected chi connectivity index (χ1v) is 3.93. The number of carbonyl (C=O) groups is 1. The van der Waals surface area contributed by atoms with Crippen LogP contribution in [0.3, 0.4) is 0 Å². The number of rotatable bonds is 1. The van der Waals surface area contributed by atoms with Crippen LogP contribution in [0, 0.1) is 0 Å². The molecule has 12 heavy (non-hydrogen) atoms. The zero-order chi connectivity index (χ0) is 8.55. The molecule has 0 aliphatic carbocycles. The number of allylic oxidation sites excluding steroid dienone is 2. The second-order valence-electron chi connectivity index (χ2n) is 2.94. The van der Waals surface area contributed by atoms with Gasteiger partial charge in [0.15, 0.2) is 0 Å². The van der Waals surface area contributed by atoms with Gasteiger partial charge in [0.05, 0.1) is 6.67 Å². The summed E-state index contributed by atoms with van der Waals surface area (Å²) in [5.41, 5.74) is 6.20. The Kier molecular flexibility index (Phi) is 1.62. The van der Waals surface area contributed by atoms with Crippen molar-refractivity contribution >= 4 is 5.91 Å². The highest BCUT2D eigenvalue weighted by Gasteiger charge is 2.30. The maximum atomic E-state index is 10.9. The van der Waals surface area contributed by atoms with Crippen molar-refractivity contribution in [1.82, 2.24) is 10.2 Å². The average molecular weight is 165 g/mol. The maximum absolute atomic E-state index is 10.9. The van der Waals surface area contributed by atoms with Gasteiger partial charge in [0.25, 0.3) is 0 Å². The minimum absolute atomic E-state index is 0.296. The van der Waals surface area contributed by atoms with E-state index in [2.05, 4.69) is 16.3 Å². The summed E-state index contributed by atoms with van der Waals surface area (Å²) in [6.07, 6.45) is 5.93. The summed E-state index contributed by atoms with van der Waals surface area (Å²) in [7, 11) is 0.